The van der Waals surface area contributed by atoms with E-state index in [1.54, 1.807) is 23.9 Å². The normalized spacial score (nSPS) is 38.9. The Morgan fingerprint density at radius 1 is 1.44 bits per heavy atom. The topological polar surface area (TPSA) is 75.3 Å². The van der Waals surface area contributed by atoms with Crippen molar-refractivity contribution in [2.75, 3.05) is 6.54 Å². The Morgan fingerprint density at radius 3 is 2.93 bits per heavy atom. The van der Waals surface area contributed by atoms with Crippen molar-refractivity contribution in [2.24, 2.45) is 23.5 Å². The molecule has 1 amide bonds. The highest BCUT2D eigenvalue weighted by atomic mass is 32.2. The maximum absolute atomic E-state index is 14.8. The fourth-order valence-electron chi connectivity index (χ4n) is 5.20. The van der Waals surface area contributed by atoms with Crippen LogP contribution in [0.15, 0.2) is 29.7 Å². The minimum Gasteiger partial charge on any atom is -0.392 e. The number of benzene rings is 1. The molecule has 1 aromatic carbocycles. The van der Waals surface area contributed by atoms with Crippen molar-refractivity contribution in [3.63, 3.8) is 0 Å². The largest absolute Gasteiger partial charge is 0.392 e. The number of carbonyl (C=O) groups excluding carboxylic acids is 1. The second-order valence-corrected chi connectivity index (χ2v) is 9.35. The second kappa shape index (κ2) is 7.22. The molecular formula is C21H27FN2O2S. The first-order chi connectivity index (χ1) is 12.9. The molecule has 0 aromatic heterocycles. The molecule has 2 aliphatic heterocycles. The maximum Gasteiger partial charge on any atom is 0.234 e. The fraction of sp³-hybridized carbons (Fsp3) is 0.571. The SMILES string of the molecule is CC1CC(O)C(c2ccc([C@@H](C)CN)c(F)c2)C2C3C=CSC3C(=O)NC12. The quantitative estimate of drug-likeness (QED) is 0.742. The number of amides is 1. The van der Waals surface area contributed by atoms with Crippen LogP contribution in [0.1, 0.15) is 43.2 Å². The van der Waals surface area contributed by atoms with Crippen LogP contribution in [-0.4, -0.2) is 35.0 Å². The molecule has 1 saturated carbocycles. The zero-order chi connectivity index (χ0) is 19.3. The Morgan fingerprint density at radius 2 is 2.22 bits per heavy atom. The van der Waals surface area contributed by atoms with Gasteiger partial charge in [0.15, 0.2) is 0 Å². The number of thioether (sulfide) groups is 1. The number of aliphatic hydroxyl groups is 1. The average Bonchev–Trinajstić information content (AvgIpc) is 3.13. The van der Waals surface area contributed by atoms with Gasteiger partial charge in [-0.15, -0.1) is 11.8 Å². The molecule has 1 aromatic rings. The second-order valence-electron chi connectivity index (χ2n) is 8.30. The van der Waals surface area contributed by atoms with E-state index < -0.39 is 6.10 Å². The summed E-state index contributed by atoms with van der Waals surface area (Å²) >= 11 is 1.54. The summed E-state index contributed by atoms with van der Waals surface area (Å²) in [5.74, 6) is -0.102. The molecule has 2 fully saturated rings. The summed E-state index contributed by atoms with van der Waals surface area (Å²) in [6.45, 7) is 4.38. The summed E-state index contributed by atoms with van der Waals surface area (Å²) in [5.41, 5.74) is 7.12. The predicted octanol–water partition coefficient (Wildman–Crippen LogP) is 2.73. The third kappa shape index (κ3) is 3.12. The molecule has 3 aliphatic rings. The molecule has 0 bridgehead atoms. The van der Waals surface area contributed by atoms with Crippen molar-refractivity contribution < 1.29 is 14.3 Å². The molecule has 4 N–H and O–H groups in total. The molecule has 7 unspecified atom stereocenters. The van der Waals surface area contributed by atoms with Gasteiger partial charge in [-0.1, -0.05) is 32.1 Å². The fourth-order valence-corrected chi connectivity index (χ4v) is 6.28. The maximum atomic E-state index is 14.8. The summed E-state index contributed by atoms with van der Waals surface area (Å²) in [6, 6.07) is 5.31. The van der Waals surface area contributed by atoms with Gasteiger partial charge in [0.1, 0.15) is 5.82 Å². The smallest absolute Gasteiger partial charge is 0.234 e. The molecule has 4 rings (SSSR count). The molecule has 1 saturated heterocycles. The van der Waals surface area contributed by atoms with Gasteiger partial charge >= 0.3 is 0 Å². The van der Waals surface area contributed by atoms with Crippen molar-refractivity contribution in [1.29, 1.82) is 0 Å². The van der Waals surface area contributed by atoms with Crippen molar-refractivity contribution in [3.8, 4) is 0 Å². The standard InChI is InChI=1S/C21H27FN2O2S/c1-10-7-16(25)17(12-3-4-13(11(2)9-23)15(22)8-12)18-14-5-6-27-20(14)21(26)24-19(10)18/h3-6,8,10-11,14,16-20,25H,7,9,23H2,1-2H3,(H,24,26)/t10?,11-,14?,16?,17?,18?,19?,20?/m0/s1. The monoisotopic (exact) mass is 390 g/mol. The molecule has 0 spiro atoms. The van der Waals surface area contributed by atoms with Gasteiger partial charge in [-0.3, -0.25) is 4.79 Å². The molecule has 2 heterocycles. The molecular weight excluding hydrogens is 363 g/mol. The molecule has 6 heteroatoms. The first-order valence-electron chi connectivity index (χ1n) is 9.72. The molecule has 1 aliphatic carbocycles. The predicted molar refractivity (Wildman–Crippen MR) is 106 cm³/mol. The van der Waals surface area contributed by atoms with E-state index >= 15 is 0 Å². The van der Waals surface area contributed by atoms with Crippen LogP contribution in [0.3, 0.4) is 0 Å². The van der Waals surface area contributed by atoms with Crippen molar-refractivity contribution in [3.05, 3.63) is 46.6 Å². The molecule has 4 nitrogen and oxygen atoms in total. The van der Waals surface area contributed by atoms with Crippen LogP contribution in [0.4, 0.5) is 4.39 Å². The van der Waals surface area contributed by atoms with Gasteiger partial charge in [0.25, 0.3) is 0 Å². The molecule has 8 atom stereocenters. The van der Waals surface area contributed by atoms with Crippen LogP contribution >= 0.6 is 11.8 Å². The average molecular weight is 391 g/mol. The van der Waals surface area contributed by atoms with Crippen LogP contribution in [0.25, 0.3) is 0 Å². The summed E-state index contributed by atoms with van der Waals surface area (Å²) < 4.78 is 14.8. The van der Waals surface area contributed by atoms with Gasteiger partial charge in [0, 0.05) is 17.9 Å². The minimum absolute atomic E-state index is 0.00111. The van der Waals surface area contributed by atoms with Gasteiger partial charge in [-0.05, 0) is 53.3 Å². The Hall–Kier alpha value is -1.37. The van der Waals surface area contributed by atoms with Gasteiger partial charge in [-0.25, -0.2) is 4.39 Å². The lowest BCUT2D eigenvalue weighted by atomic mass is 9.60. The number of hydrogen-bond donors (Lipinski definition) is 3. The van der Waals surface area contributed by atoms with Gasteiger partial charge < -0.3 is 16.2 Å². The number of allylic oxidation sites excluding steroid dienone is 1. The summed E-state index contributed by atoms with van der Waals surface area (Å²) in [5, 5.41) is 16.0. The first kappa shape index (κ1) is 19.0. The lowest BCUT2D eigenvalue weighted by molar-refractivity contribution is -0.128. The van der Waals surface area contributed by atoms with Crippen molar-refractivity contribution in [1.82, 2.24) is 5.32 Å². The Balaban J connectivity index is 1.73. The van der Waals surface area contributed by atoms with E-state index in [0.29, 0.717) is 18.5 Å². The van der Waals surface area contributed by atoms with E-state index in [9.17, 15) is 14.3 Å². The van der Waals surface area contributed by atoms with Crippen LogP contribution in [0.2, 0.25) is 0 Å². The van der Waals surface area contributed by atoms with Gasteiger partial charge in [-0.2, -0.15) is 0 Å². The number of rotatable bonds is 3. The number of aliphatic hydroxyl groups excluding tert-OH is 1. The Bertz CT molecular complexity index is 771. The Kier molecular flexibility index (Phi) is 5.08. The van der Waals surface area contributed by atoms with E-state index in [-0.39, 0.29) is 52.6 Å². The minimum atomic E-state index is -0.548. The lowest BCUT2D eigenvalue weighted by Gasteiger charge is -2.51. The number of carbonyl (C=O) groups is 1. The number of nitrogens with two attached hydrogens (primary N) is 1. The molecule has 27 heavy (non-hydrogen) atoms. The van der Waals surface area contributed by atoms with E-state index in [1.165, 1.54) is 0 Å². The summed E-state index contributed by atoms with van der Waals surface area (Å²) in [4.78, 5) is 12.5. The van der Waals surface area contributed by atoms with Crippen LogP contribution in [-0.2, 0) is 4.79 Å². The highest BCUT2D eigenvalue weighted by Crippen LogP contribution is 2.51. The zero-order valence-electron chi connectivity index (χ0n) is 15.6. The third-order valence-electron chi connectivity index (χ3n) is 6.65. The van der Waals surface area contributed by atoms with Crippen molar-refractivity contribution in [2.45, 2.75) is 49.5 Å². The van der Waals surface area contributed by atoms with Crippen LogP contribution in [0.5, 0.6) is 0 Å². The van der Waals surface area contributed by atoms with E-state index in [0.717, 1.165) is 5.56 Å². The van der Waals surface area contributed by atoms with Crippen LogP contribution in [0, 0.1) is 23.6 Å². The first-order valence-corrected chi connectivity index (χ1v) is 10.7. The zero-order valence-corrected chi connectivity index (χ0v) is 16.5. The highest BCUT2D eigenvalue weighted by molar-refractivity contribution is 8.03. The highest BCUT2D eigenvalue weighted by Gasteiger charge is 2.53. The summed E-state index contributed by atoms with van der Waals surface area (Å²) in [7, 11) is 0. The van der Waals surface area contributed by atoms with Gasteiger partial charge in [0.05, 0.1) is 11.4 Å². The number of fused-ring (bicyclic) bond motifs is 3. The van der Waals surface area contributed by atoms with E-state index in [4.69, 9.17) is 5.73 Å². The van der Waals surface area contributed by atoms with Gasteiger partial charge in [0.2, 0.25) is 5.91 Å². The van der Waals surface area contributed by atoms with Crippen molar-refractivity contribution >= 4 is 17.7 Å². The summed E-state index contributed by atoms with van der Waals surface area (Å²) in [6.07, 6.45) is 2.15. The van der Waals surface area contributed by atoms with E-state index in [2.05, 4.69) is 18.3 Å². The van der Waals surface area contributed by atoms with Crippen LogP contribution < -0.4 is 11.1 Å². The Labute approximate surface area is 163 Å². The number of piperidine rings is 1. The number of hydrogen-bond acceptors (Lipinski definition) is 4. The number of nitrogens with one attached hydrogen (secondary N) is 1. The lowest BCUT2D eigenvalue weighted by Crippen LogP contribution is -2.62. The molecule has 0 radical (unpaired) electrons. The third-order valence-corrected chi connectivity index (χ3v) is 7.79. The van der Waals surface area contributed by atoms with E-state index in [1.807, 2.05) is 18.4 Å². The number of halogens is 1. The molecule has 146 valence electrons.